The molecule has 5 fully saturated rings. The first-order valence-corrected chi connectivity index (χ1v) is 32.4. The van der Waals surface area contributed by atoms with Gasteiger partial charge in [0.15, 0.2) is 6.23 Å². The molecular formula is C63H95CoN13O14P-5. The van der Waals surface area contributed by atoms with Crippen molar-refractivity contribution in [3.63, 3.8) is 0 Å². The fourth-order valence-electron chi connectivity index (χ4n) is 16.1. The van der Waals surface area contributed by atoms with Gasteiger partial charge in [-0.25, -0.2) is 9.55 Å². The van der Waals surface area contributed by atoms with Gasteiger partial charge in [0, 0.05) is 68.3 Å². The quantitative estimate of drug-likeness (QED) is 0.0422. The minimum atomic E-state index is -5.06. The Labute approximate surface area is 549 Å². The van der Waals surface area contributed by atoms with Gasteiger partial charge < -0.3 is 92.8 Å². The van der Waals surface area contributed by atoms with Crippen LogP contribution >= 0.6 is 7.82 Å². The number of imidazole rings is 1. The molecule has 1 aromatic carbocycles. The second kappa shape index (κ2) is 28.2. The number of benzene rings is 1. The number of aromatic nitrogens is 2. The molecule has 2 aromatic rings. The van der Waals surface area contributed by atoms with Crippen LogP contribution in [0.5, 0.6) is 0 Å². The largest absolute Gasteiger partial charge is 0.685 e. The molecule has 515 valence electrons. The summed E-state index contributed by atoms with van der Waals surface area (Å²) in [7, 11) is -5.06. The zero-order valence-electron chi connectivity index (χ0n) is 54.8. The molecule has 7 heterocycles. The third kappa shape index (κ3) is 14.3. The molecule has 6 aliphatic heterocycles. The zero-order chi connectivity index (χ0) is 66.7. The van der Waals surface area contributed by atoms with Crippen molar-refractivity contribution >= 4 is 60.2 Å². The number of phosphoric ester groups is 1. The van der Waals surface area contributed by atoms with E-state index < -0.39 is 161 Å². The zero-order valence-corrected chi connectivity index (χ0v) is 56.7. The topological polar surface area (TPSA) is 467 Å². The first-order chi connectivity index (χ1) is 41.8. The first-order valence-electron chi connectivity index (χ1n) is 30.9. The molecule has 0 spiro atoms. The fraction of sp³-hybridized carbons (Fsp3) is 0.667. The van der Waals surface area contributed by atoms with Crippen LogP contribution in [0.25, 0.3) is 32.3 Å². The number of allylic oxidation sites excluding steroid dienone is 3. The standard InChI is InChI=1S/C62H92N13O14P.CH3.Co/c1-29-20-39-40(21-30(29)2)75(28-70-39)57-52(84)53(41(27-76)87-57)89-90(85,86)88-31(3)26-69-49(83)18-19-59(8)37(22-46(66)80)56-62(11)61(10,25-48(68)82)36(14-17-45(65)79)51(74-62)33(5)55-60(9,24-47(67)81)34(12-15-43(63)77)38(71-55)23-42-58(6,7)35(13-16-44(64)78)50(72-42)32(4)54(59)73-56;;/h20-21,23,28,31,34-38,41,50-53,56-57,76,84H,12-19,22,24-27H2,1-11H3,(H2,63,77)(H2,64,78)(H2,65,79)(H2,66,80)(H2,67,81)(H2,68,82)(H,69,83)(H,85,86);1H3;/q-4;-1;/b42-23-,54-32-,55-33-;;. The van der Waals surface area contributed by atoms with Gasteiger partial charge in [0.25, 0.3) is 0 Å². The Hall–Kier alpha value is -5.94. The molecule has 7 amide bonds. The van der Waals surface area contributed by atoms with Crippen molar-refractivity contribution in [2.45, 2.75) is 207 Å². The fourth-order valence-corrected chi connectivity index (χ4v) is 17.3. The van der Waals surface area contributed by atoms with Crippen LogP contribution in [0.3, 0.4) is 0 Å². The van der Waals surface area contributed by atoms with Crippen LogP contribution < -0.4 is 39.7 Å². The summed E-state index contributed by atoms with van der Waals surface area (Å²) in [6.07, 6.45) is -3.96. The van der Waals surface area contributed by atoms with Crippen LogP contribution in [0.1, 0.15) is 150 Å². The van der Waals surface area contributed by atoms with E-state index in [0.717, 1.165) is 11.1 Å². The van der Waals surface area contributed by atoms with E-state index in [1.54, 1.807) is 4.57 Å². The van der Waals surface area contributed by atoms with Crippen LogP contribution in [0.4, 0.5) is 0 Å². The van der Waals surface area contributed by atoms with Gasteiger partial charge >= 0.3 is 7.82 Å². The number of aryl methyl sites for hydroxylation is 2. The van der Waals surface area contributed by atoms with E-state index in [9.17, 15) is 53.2 Å². The molecule has 0 saturated carbocycles. The van der Waals surface area contributed by atoms with Crippen molar-refractivity contribution in [2.75, 3.05) is 13.2 Å². The van der Waals surface area contributed by atoms with Crippen LogP contribution in [0.2, 0.25) is 0 Å². The number of ether oxygens (including phenoxy) is 1. The third-order valence-electron chi connectivity index (χ3n) is 21.2. The maximum Gasteiger partial charge on any atom is 0.472 e. The van der Waals surface area contributed by atoms with Crippen molar-refractivity contribution in [1.82, 2.24) is 14.9 Å². The first kappa shape index (κ1) is 75.1. The predicted octanol–water partition coefficient (Wildman–Crippen LogP) is 5.30. The molecule has 0 aliphatic carbocycles. The summed E-state index contributed by atoms with van der Waals surface area (Å²) in [5, 5.41) is 46.9. The van der Waals surface area contributed by atoms with Crippen molar-refractivity contribution in [3.8, 4) is 0 Å². The second-order valence-electron chi connectivity index (χ2n) is 27.5. The molecule has 8 bridgehead atoms. The number of amides is 7. The number of aliphatic hydroxyl groups excluding tert-OH is 2. The Balaban J connectivity index is 0.00000672. The van der Waals surface area contributed by atoms with Crippen LogP contribution in [0, 0.1) is 66.6 Å². The number of hydrogen-bond acceptors (Lipinski definition) is 14. The number of rotatable bonds is 26. The molecule has 18 atom stereocenters. The number of nitrogens with one attached hydrogen (secondary N) is 1. The van der Waals surface area contributed by atoms with E-state index in [-0.39, 0.29) is 101 Å². The van der Waals surface area contributed by atoms with Gasteiger partial charge in [-0.1, -0.05) is 53.6 Å². The number of hydrogen-bond donors (Lipinski definition) is 10. The summed E-state index contributed by atoms with van der Waals surface area (Å²) in [5.74, 6) is -6.86. The Morgan fingerprint density at radius 1 is 0.750 bits per heavy atom. The maximum atomic E-state index is 14.4. The van der Waals surface area contributed by atoms with E-state index >= 15 is 0 Å². The van der Waals surface area contributed by atoms with Crippen LogP contribution in [0.15, 0.2) is 52.8 Å². The minimum Gasteiger partial charge on any atom is -0.685 e. The summed E-state index contributed by atoms with van der Waals surface area (Å²) in [5.41, 5.74) is 36.2. The van der Waals surface area contributed by atoms with Crippen LogP contribution in [-0.4, -0.2) is 133 Å². The molecule has 5 saturated heterocycles. The van der Waals surface area contributed by atoms with E-state index in [1.165, 1.54) is 13.3 Å². The van der Waals surface area contributed by atoms with Crippen molar-refractivity contribution in [2.24, 2.45) is 79.7 Å². The van der Waals surface area contributed by atoms with Gasteiger partial charge in [0.1, 0.15) is 18.3 Å². The van der Waals surface area contributed by atoms with E-state index in [0.29, 0.717) is 39.3 Å². The predicted molar refractivity (Wildman–Crippen MR) is 339 cm³/mol. The molecule has 1 aromatic heterocycles. The molecule has 27 nitrogen and oxygen atoms in total. The monoisotopic (exact) mass is 1350 g/mol. The average Bonchev–Trinajstić information content (AvgIpc) is 1.53. The van der Waals surface area contributed by atoms with Gasteiger partial charge in [-0.05, 0) is 129 Å². The normalized spacial score (nSPS) is 35.9. The summed E-state index contributed by atoms with van der Waals surface area (Å²) in [6, 6.07) is 0.417. The molecule has 92 heavy (non-hydrogen) atoms. The Bertz CT molecular complexity index is 3340. The summed E-state index contributed by atoms with van der Waals surface area (Å²) in [4.78, 5) is 109. The SMILES string of the molecule is C/C1=C2/[N-]C(C(CC(N)=O)C2(C)CCC(=O)NCC(C)OP(=O)(O)OC2C(CO)OC(n3cnc4cc(C)c(C)cc43)C2O)C2(C)[N-]C(/C(C)=C3\[N-]C(/C=C4\[N-]C1C(CCC(N)=O)C4(C)C)C(CCC(N)=O)C3(C)CC(N)=O)C(CCC(N)=O)C2(C)CC(N)=O.[CH3-].[Co]. The molecule has 1 radical (unpaired) electrons. The average molecular weight is 1350 g/mol. The number of nitrogens with two attached hydrogens (primary N) is 6. The number of fused-ring (bicyclic) bond motifs is 10. The summed E-state index contributed by atoms with van der Waals surface area (Å²) in [6.45, 7) is 19.5. The Kier molecular flexibility index (Phi) is 23.0. The molecule has 18 unspecified atom stereocenters. The van der Waals surface area contributed by atoms with Gasteiger partial charge in [-0.15, -0.1) is 34.8 Å². The Morgan fingerprint density at radius 2 is 1.32 bits per heavy atom. The molecule has 16 N–H and O–H groups in total. The van der Waals surface area contributed by atoms with E-state index in [4.69, 9.17) is 69.5 Å². The Morgan fingerprint density at radius 3 is 1.89 bits per heavy atom. The van der Waals surface area contributed by atoms with Crippen molar-refractivity contribution in [1.29, 1.82) is 0 Å². The van der Waals surface area contributed by atoms with Gasteiger partial charge in [-0.2, -0.15) is 17.1 Å². The number of carbonyl (C=O) groups excluding carboxylic acids is 7. The van der Waals surface area contributed by atoms with E-state index in [2.05, 4.69) is 10.3 Å². The third-order valence-corrected chi connectivity index (χ3v) is 22.3. The molecule has 8 rings (SSSR count). The van der Waals surface area contributed by atoms with E-state index in [1.807, 2.05) is 87.4 Å². The maximum absolute atomic E-state index is 14.4. The summed E-state index contributed by atoms with van der Waals surface area (Å²) >= 11 is 0. The smallest absolute Gasteiger partial charge is 0.472 e. The van der Waals surface area contributed by atoms with Crippen LogP contribution in [-0.2, 0) is 68.7 Å². The van der Waals surface area contributed by atoms with Gasteiger partial charge in [0.2, 0.25) is 41.4 Å². The number of primary amides is 6. The number of phosphoric acid groups is 1. The molecule has 6 aliphatic rings. The number of aliphatic hydroxyl groups is 2. The minimum absolute atomic E-state index is 0. The number of carbonyl (C=O) groups is 7. The summed E-state index contributed by atoms with van der Waals surface area (Å²) < 4.78 is 32.3. The van der Waals surface area contributed by atoms with Crippen molar-refractivity contribution < 1.29 is 83.8 Å². The van der Waals surface area contributed by atoms with Crippen molar-refractivity contribution in [3.05, 3.63) is 92.6 Å². The molecule has 29 heteroatoms. The second-order valence-corrected chi connectivity index (χ2v) is 28.9. The number of nitrogens with zero attached hydrogens (tertiary/aromatic N) is 6. The van der Waals surface area contributed by atoms with Gasteiger partial charge in [0.05, 0.1) is 30.1 Å². The molecular weight excluding hydrogens is 1250 g/mol. The van der Waals surface area contributed by atoms with Gasteiger partial charge in [-0.3, -0.25) is 42.6 Å².